The number of para-hydroxylation sites is 1. The molecule has 0 atom stereocenters. The van der Waals surface area contributed by atoms with Crippen LogP contribution in [0.2, 0.25) is 5.02 Å². The van der Waals surface area contributed by atoms with Gasteiger partial charge in [0.1, 0.15) is 11.0 Å². The van der Waals surface area contributed by atoms with Crippen molar-refractivity contribution in [1.82, 2.24) is 9.80 Å². The second-order valence-corrected chi connectivity index (χ2v) is 7.87. The van der Waals surface area contributed by atoms with Crippen LogP contribution >= 0.6 is 11.6 Å². The van der Waals surface area contributed by atoms with Crippen LogP contribution in [-0.2, 0) is 6.54 Å². The molecule has 1 amide bonds. The van der Waals surface area contributed by atoms with Crippen molar-refractivity contribution in [2.45, 2.75) is 6.54 Å². The van der Waals surface area contributed by atoms with E-state index in [1.165, 1.54) is 11.6 Å². The monoisotopic (exact) mass is 422 g/mol. The second-order valence-electron chi connectivity index (χ2n) is 7.43. The number of piperazine rings is 1. The summed E-state index contributed by atoms with van der Waals surface area (Å²) in [4.78, 5) is 29.7. The highest BCUT2D eigenvalue weighted by molar-refractivity contribution is 6.30. The molecule has 1 fully saturated rings. The van der Waals surface area contributed by atoms with E-state index < -0.39 is 0 Å². The fourth-order valence-corrected chi connectivity index (χ4v) is 3.94. The summed E-state index contributed by atoms with van der Waals surface area (Å²) in [6.45, 7) is 3.51. The van der Waals surface area contributed by atoms with Gasteiger partial charge in [-0.25, -0.2) is 0 Å². The van der Waals surface area contributed by atoms with Crippen LogP contribution in [0.4, 0.5) is 0 Å². The van der Waals surface area contributed by atoms with Crippen molar-refractivity contribution in [3.8, 4) is 0 Å². The SMILES string of the molecule is O=C(c1cc2c(=O)c3ccccc3oc2o1)N1CCN(Cc2ccc(Cl)cc2)CC1. The van der Waals surface area contributed by atoms with Crippen molar-refractivity contribution in [3.63, 3.8) is 0 Å². The Morgan fingerprint density at radius 2 is 1.67 bits per heavy atom. The normalized spacial score (nSPS) is 15.2. The summed E-state index contributed by atoms with van der Waals surface area (Å²) in [5.41, 5.74) is 1.44. The van der Waals surface area contributed by atoms with Crippen LogP contribution in [-0.4, -0.2) is 41.9 Å². The molecule has 7 heteroatoms. The molecule has 4 aromatic rings. The zero-order valence-corrected chi connectivity index (χ0v) is 16.9. The standard InChI is InChI=1S/C23H19ClN2O4/c24-16-7-5-15(6-8-16)14-25-9-11-26(12-10-25)22(28)20-13-18-21(27)17-3-1-2-4-19(17)29-23(18)30-20/h1-8,13H,9-12,14H2. The van der Waals surface area contributed by atoms with Crippen LogP contribution < -0.4 is 5.43 Å². The van der Waals surface area contributed by atoms with Crippen molar-refractivity contribution in [2.75, 3.05) is 26.2 Å². The summed E-state index contributed by atoms with van der Waals surface area (Å²) in [5.74, 6) is -0.00766. The summed E-state index contributed by atoms with van der Waals surface area (Å²) in [6.07, 6.45) is 0. The lowest BCUT2D eigenvalue weighted by Crippen LogP contribution is -2.48. The highest BCUT2D eigenvalue weighted by Crippen LogP contribution is 2.23. The Hall–Kier alpha value is -3.09. The lowest BCUT2D eigenvalue weighted by molar-refractivity contribution is 0.0598. The van der Waals surface area contributed by atoms with E-state index in [9.17, 15) is 9.59 Å². The number of hydrogen-bond acceptors (Lipinski definition) is 5. The van der Waals surface area contributed by atoms with Gasteiger partial charge in [-0.15, -0.1) is 0 Å². The van der Waals surface area contributed by atoms with Gasteiger partial charge in [0, 0.05) is 43.8 Å². The number of benzene rings is 2. The van der Waals surface area contributed by atoms with Crippen molar-refractivity contribution >= 4 is 39.6 Å². The maximum atomic E-state index is 12.9. The minimum absolute atomic E-state index is 0.0865. The number of amides is 1. The van der Waals surface area contributed by atoms with Crippen molar-refractivity contribution in [3.05, 3.63) is 81.2 Å². The Kier molecular flexibility index (Phi) is 4.81. The molecule has 0 saturated carbocycles. The number of furan rings is 1. The van der Waals surface area contributed by atoms with Gasteiger partial charge in [-0.3, -0.25) is 14.5 Å². The summed E-state index contributed by atoms with van der Waals surface area (Å²) in [7, 11) is 0. The molecule has 0 aliphatic carbocycles. The number of nitrogens with zero attached hydrogens (tertiary/aromatic N) is 2. The van der Waals surface area contributed by atoms with E-state index in [1.807, 2.05) is 24.3 Å². The first-order chi connectivity index (χ1) is 14.6. The molecule has 30 heavy (non-hydrogen) atoms. The van der Waals surface area contributed by atoms with Crippen molar-refractivity contribution < 1.29 is 13.6 Å². The Labute approximate surface area is 177 Å². The summed E-state index contributed by atoms with van der Waals surface area (Å²) >= 11 is 5.94. The molecule has 2 aromatic carbocycles. The summed E-state index contributed by atoms with van der Waals surface area (Å²) in [6, 6.07) is 16.3. The van der Waals surface area contributed by atoms with Crippen LogP contribution in [0.25, 0.3) is 22.1 Å². The molecule has 1 aliphatic heterocycles. The minimum atomic E-state index is -0.226. The number of hydrogen-bond donors (Lipinski definition) is 0. The smallest absolute Gasteiger partial charge is 0.302 e. The highest BCUT2D eigenvalue weighted by Gasteiger charge is 2.26. The average Bonchev–Trinajstić information content (AvgIpc) is 3.20. The van der Waals surface area contributed by atoms with Gasteiger partial charge in [0.05, 0.1) is 5.39 Å². The topological polar surface area (TPSA) is 66.9 Å². The van der Waals surface area contributed by atoms with Gasteiger partial charge in [-0.2, -0.15) is 0 Å². The van der Waals surface area contributed by atoms with Gasteiger partial charge in [0.2, 0.25) is 5.43 Å². The fraction of sp³-hybridized carbons (Fsp3) is 0.217. The molecule has 3 heterocycles. The number of halogens is 1. The maximum absolute atomic E-state index is 12.9. The first kappa shape index (κ1) is 18.9. The van der Waals surface area contributed by atoms with Crippen LogP contribution in [0.15, 0.2) is 68.2 Å². The van der Waals surface area contributed by atoms with E-state index in [-0.39, 0.29) is 22.9 Å². The van der Waals surface area contributed by atoms with Crippen molar-refractivity contribution in [1.29, 1.82) is 0 Å². The second kappa shape index (κ2) is 7.63. The van der Waals surface area contributed by atoms with Gasteiger partial charge in [-0.1, -0.05) is 35.9 Å². The largest absolute Gasteiger partial charge is 0.425 e. The third kappa shape index (κ3) is 3.49. The Morgan fingerprint density at radius 1 is 0.933 bits per heavy atom. The lowest BCUT2D eigenvalue weighted by atomic mass is 10.2. The zero-order valence-electron chi connectivity index (χ0n) is 16.1. The zero-order chi connectivity index (χ0) is 20.7. The molecule has 1 saturated heterocycles. The third-order valence-corrected chi connectivity index (χ3v) is 5.72. The van der Waals surface area contributed by atoms with Crippen LogP contribution in [0.1, 0.15) is 16.1 Å². The Bertz CT molecular complexity index is 1280. The van der Waals surface area contributed by atoms with Gasteiger partial charge < -0.3 is 13.7 Å². The number of carbonyl (C=O) groups is 1. The summed E-state index contributed by atoms with van der Waals surface area (Å²) in [5, 5.41) is 1.49. The van der Waals surface area contributed by atoms with Crippen molar-refractivity contribution in [2.24, 2.45) is 0 Å². The Morgan fingerprint density at radius 3 is 2.43 bits per heavy atom. The lowest BCUT2D eigenvalue weighted by Gasteiger charge is -2.34. The van der Waals surface area contributed by atoms with E-state index in [0.717, 1.165) is 24.7 Å². The van der Waals surface area contributed by atoms with Crippen LogP contribution in [0, 0.1) is 0 Å². The summed E-state index contributed by atoms with van der Waals surface area (Å²) < 4.78 is 11.3. The molecule has 6 nitrogen and oxygen atoms in total. The number of rotatable bonds is 3. The van der Waals surface area contributed by atoms with E-state index in [2.05, 4.69) is 4.90 Å². The van der Waals surface area contributed by atoms with Gasteiger partial charge in [0.25, 0.3) is 5.91 Å². The van der Waals surface area contributed by atoms with E-state index in [4.69, 9.17) is 20.4 Å². The molecule has 0 radical (unpaired) electrons. The van der Waals surface area contributed by atoms with Gasteiger partial charge in [-0.05, 0) is 29.8 Å². The fourth-order valence-electron chi connectivity index (χ4n) is 3.81. The first-order valence-electron chi connectivity index (χ1n) is 9.80. The molecule has 5 rings (SSSR count). The van der Waals surface area contributed by atoms with E-state index in [1.54, 1.807) is 29.2 Å². The molecule has 0 bridgehead atoms. The molecule has 152 valence electrons. The van der Waals surface area contributed by atoms with Gasteiger partial charge in [0.15, 0.2) is 5.76 Å². The Balaban J connectivity index is 1.31. The third-order valence-electron chi connectivity index (χ3n) is 5.47. The maximum Gasteiger partial charge on any atom is 0.302 e. The molecule has 2 aromatic heterocycles. The predicted octanol–water partition coefficient (Wildman–Crippen LogP) is 4.15. The molecule has 1 aliphatic rings. The van der Waals surface area contributed by atoms with E-state index >= 15 is 0 Å². The molecule has 0 N–H and O–H groups in total. The van der Waals surface area contributed by atoms with Crippen LogP contribution in [0.5, 0.6) is 0 Å². The average molecular weight is 423 g/mol. The van der Waals surface area contributed by atoms with Crippen LogP contribution in [0.3, 0.4) is 0 Å². The predicted molar refractivity (Wildman–Crippen MR) is 115 cm³/mol. The first-order valence-corrected chi connectivity index (χ1v) is 10.2. The number of fused-ring (bicyclic) bond motifs is 2. The quantitative estimate of drug-likeness (QED) is 0.496. The molecular weight excluding hydrogens is 404 g/mol. The van der Waals surface area contributed by atoms with Gasteiger partial charge >= 0.3 is 5.78 Å². The minimum Gasteiger partial charge on any atom is -0.425 e. The molecule has 0 unspecified atom stereocenters. The molecule has 0 spiro atoms. The highest BCUT2D eigenvalue weighted by atomic mass is 35.5. The molecular formula is C23H19ClN2O4. The van der Waals surface area contributed by atoms with E-state index in [0.29, 0.717) is 29.4 Å². The number of carbonyl (C=O) groups excluding carboxylic acids is 1.